The minimum Gasteiger partial charge on any atom is -0.468 e. The number of carbonyl (C=O) groups is 2. The highest BCUT2D eigenvalue weighted by molar-refractivity contribution is 9.11. The molecule has 0 spiro atoms. The minimum atomic E-state index is -0.383. The Morgan fingerprint density at radius 2 is 2.00 bits per heavy atom. The number of aryl methyl sites for hydroxylation is 2. The van der Waals surface area contributed by atoms with Gasteiger partial charge in [0.25, 0.3) is 5.91 Å². The van der Waals surface area contributed by atoms with Gasteiger partial charge in [0.15, 0.2) is 4.80 Å². The van der Waals surface area contributed by atoms with Crippen LogP contribution in [-0.2, 0) is 16.1 Å². The Kier molecular flexibility index (Phi) is 5.21. The van der Waals surface area contributed by atoms with Gasteiger partial charge in [0.2, 0.25) is 0 Å². The van der Waals surface area contributed by atoms with Crippen molar-refractivity contribution in [3.8, 4) is 0 Å². The summed E-state index contributed by atoms with van der Waals surface area (Å²) < 4.78 is 8.42. The molecule has 0 N–H and O–H groups in total. The topological polar surface area (TPSA) is 60.7 Å². The molecule has 0 aliphatic carbocycles. The molecule has 8 heteroatoms. The molecule has 2 aromatic heterocycles. The van der Waals surface area contributed by atoms with Crippen LogP contribution in [-0.4, -0.2) is 23.6 Å². The second-order valence-electron chi connectivity index (χ2n) is 5.50. The largest absolute Gasteiger partial charge is 0.468 e. The van der Waals surface area contributed by atoms with E-state index in [2.05, 4.69) is 27.0 Å². The van der Waals surface area contributed by atoms with Crippen molar-refractivity contribution in [2.24, 2.45) is 4.99 Å². The predicted octanol–water partition coefficient (Wildman–Crippen LogP) is 4.06. The van der Waals surface area contributed by atoms with Gasteiger partial charge in [0, 0.05) is 0 Å². The van der Waals surface area contributed by atoms with Crippen LogP contribution in [0, 0.1) is 13.8 Å². The molecule has 130 valence electrons. The van der Waals surface area contributed by atoms with E-state index in [1.807, 2.05) is 26.0 Å². The third kappa shape index (κ3) is 3.75. The number of carbonyl (C=O) groups excluding carboxylic acids is 2. The summed E-state index contributed by atoms with van der Waals surface area (Å²) in [4.78, 5) is 29.6. The predicted molar refractivity (Wildman–Crippen MR) is 103 cm³/mol. The summed E-state index contributed by atoms with van der Waals surface area (Å²) in [5, 5.41) is 0. The molecule has 1 amide bonds. The number of amides is 1. The van der Waals surface area contributed by atoms with Crippen molar-refractivity contribution < 1.29 is 14.3 Å². The first-order chi connectivity index (χ1) is 11.9. The Bertz CT molecular complexity index is 1050. The van der Waals surface area contributed by atoms with Crippen LogP contribution in [0.1, 0.15) is 20.8 Å². The van der Waals surface area contributed by atoms with Crippen LogP contribution in [0.25, 0.3) is 10.2 Å². The normalized spacial score (nSPS) is 11.9. The molecular formula is C17H15BrN2O3S2. The number of esters is 1. The third-order valence-electron chi connectivity index (χ3n) is 3.61. The molecule has 3 rings (SSSR count). The lowest BCUT2D eigenvalue weighted by atomic mass is 10.1. The van der Waals surface area contributed by atoms with E-state index in [9.17, 15) is 9.59 Å². The number of thiazole rings is 1. The van der Waals surface area contributed by atoms with Crippen molar-refractivity contribution in [2.75, 3.05) is 7.11 Å². The van der Waals surface area contributed by atoms with Crippen LogP contribution in [0.2, 0.25) is 0 Å². The molecule has 0 saturated heterocycles. The van der Waals surface area contributed by atoms with Gasteiger partial charge in [-0.15, -0.1) is 11.3 Å². The summed E-state index contributed by atoms with van der Waals surface area (Å²) in [6.07, 6.45) is 0. The number of halogens is 1. The Morgan fingerprint density at radius 1 is 1.24 bits per heavy atom. The van der Waals surface area contributed by atoms with Crippen molar-refractivity contribution in [2.45, 2.75) is 20.4 Å². The molecule has 5 nitrogen and oxygen atoms in total. The summed E-state index contributed by atoms with van der Waals surface area (Å²) in [6, 6.07) is 7.61. The Balaban J connectivity index is 2.20. The first kappa shape index (κ1) is 18.0. The fourth-order valence-electron chi connectivity index (χ4n) is 2.52. The maximum atomic E-state index is 12.5. The van der Waals surface area contributed by atoms with E-state index < -0.39 is 0 Å². The van der Waals surface area contributed by atoms with Crippen LogP contribution in [0.15, 0.2) is 33.0 Å². The van der Waals surface area contributed by atoms with Crippen LogP contribution in [0.4, 0.5) is 0 Å². The van der Waals surface area contributed by atoms with Gasteiger partial charge in [-0.3, -0.25) is 9.59 Å². The fourth-order valence-corrected chi connectivity index (χ4v) is 4.86. The standard InChI is InChI=1S/C17H15BrN2O3S2/c1-9-6-10(2)15-11(7-9)20(8-14(21)23-3)17(25-15)19-16(22)12-4-5-13(18)24-12/h4-7H,8H2,1-3H3. The summed E-state index contributed by atoms with van der Waals surface area (Å²) in [7, 11) is 1.35. The molecule has 0 unspecified atom stereocenters. The minimum absolute atomic E-state index is 0.0135. The molecule has 3 aromatic rings. The van der Waals surface area contributed by atoms with E-state index in [4.69, 9.17) is 4.74 Å². The average molecular weight is 439 g/mol. The number of benzene rings is 1. The highest BCUT2D eigenvalue weighted by atomic mass is 79.9. The molecule has 0 aliphatic rings. The molecule has 2 heterocycles. The van der Waals surface area contributed by atoms with Gasteiger partial charge >= 0.3 is 5.97 Å². The summed E-state index contributed by atoms with van der Waals surface area (Å²) in [5.74, 6) is -0.707. The molecular weight excluding hydrogens is 424 g/mol. The Hall–Kier alpha value is -1.77. The number of rotatable bonds is 3. The first-order valence-electron chi connectivity index (χ1n) is 7.41. The number of thiophene rings is 1. The van der Waals surface area contributed by atoms with E-state index in [1.54, 1.807) is 10.6 Å². The van der Waals surface area contributed by atoms with Crippen molar-refractivity contribution in [1.82, 2.24) is 4.57 Å². The highest BCUT2D eigenvalue weighted by Crippen LogP contribution is 2.25. The van der Waals surface area contributed by atoms with Gasteiger partial charge in [-0.05, 0) is 59.1 Å². The second kappa shape index (κ2) is 7.23. The fraction of sp³-hybridized carbons (Fsp3) is 0.235. The zero-order valence-electron chi connectivity index (χ0n) is 13.8. The SMILES string of the molecule is COC(=O)Cn1c(=NC(=O)c2ccc(Br)s2)sc2c(C)cc(C)cc21. The number of nitrogens with zero attached hydrogens (tertiary/aromatic N) is 2. The van der Waals surface area contributed by atoms with Crippen molar-refractivity contribution in [1.29, 1.82) is 0 Å². The summed E-state index contributed by atoms with van der Waals surface area (Å²) in [6.45, 7) is 4.02. The van der Waals surface area contributed by atoms with E-state index in [-0.39, 0.29) is 18.4 Å². The molecule has 25 heavy (non-hydrogen) atoms. The van der Waals surface area contributed by atoms with E-state index in [0.717, 1.165) is 25.1 Å². The molecule has 0 aliphatic heterocycles. The van der Waals surface area contributed by atoms with Gasteiger partial charge in [0.05, 0.1) is 26.0 Å². The number of aromatic nitrogens is 1. The first-order valence-corrected chi connectivity index (χ1v) is 9.83. The maximum Gasteiger partial charge on any atom is 0.325 e. The molecule has 0 fully saturated rings. The van der Waals surface area contributed by atoms with E-state index in [1.165, 1.54) is 29.8 Å². The molecule has 0 radical (unpaired) electrons. The van der Waals surface area contributed by atoms with Crippen LogP contribution in [0.3, 0.4) is 0 Å². The number of hydrogen-bond donors (Lipinski definition) is 0. The van der Waals surface area contributed by atoms with Gasteiger partial charge in [-0.1, -0.05) is 17.4 Å². The average Bonchev–Trinajstić information content (AvgIpc) is 3.13. The van der Waals surface area contributed by atoms with Crippen LogP contribution >= 0.6 is 38.6 Å². The number of hydrogen-bond acceptors (Lipinski definition) is 5. The molecule has 0 saturated carbocycles. The van der Waals surface area contributed by atoms with Gasteiger partial charge in [-0.25, -0.2) is 0 Å². The molecule has 0 bridgehead atoms. The summed E-state index contributed by atoms with van der Waals surface area (Å²) in [5.41, 5.74) is 3.06. The van der Waals surface area contributed by atoms with Crippen LogP contribution in [0.5, 0.6) is 0 Å². The number of methoxy groups -OCH3 is 1. The van der Waals surface area contributed by atoms with Gasteiger partial charge in [0.1, 0.15) is 6.54 Å². The molecule has 1 aromatic carbocycles. The quantitative estimate of drug-likeness (QED) is 0.579. The third-order valence-corrected chi connectivity index (χ3v) is 6.45. The lowest BCUT2D eigenvalue weighted by Gasteiger charge is -2.05. The monoisotopic (exact) mass is 438 g/mol. The van der Waals surface area contributed by atoms with Crippen LogP contribution < -0.4 is 4.80 Å². The summed E-state index contributed by atoms with van der Waals surface area (Å²) >= 11 is 6.08. The van der Waals surface area contributed by atoms with Gasteiger partial charge < -0.3 is 9.30 Å². The molecule has 0 atom stereocenters. The number of fused-ring (bicyclic) bond motifs is 1. The van der Waals surface area contributed by atoms with E-state index >= 15 is 0 Å². The zero-order chi connectivity index (χ0) is 18.1. The van der Waals surface area contributed by atoms with E-state index in [0.29, 0.717) is 9.68 Å². The van der Waals surface area contributed by atoms with Crippen molar-refractivity contribution in [3.05, 3.63) is 48.9 Å². The van der Waals surface area contributed by atoms with Gasteiger partial charge in [-0.2, -0.15) is 4.99 Å². The zero-order valence-corrected chi connectivity index (χ0v) is 17.0. The lowest BCUT2D eigenvalue weighted by molar-refractivity contribution is -0.141. The highest BCUT2D eigenvalue weighted by Gasteiger charge is 2.15. The number of ether oxygens (including phenoxy) is 1. The maximum absolute atomic E-state index is 12.5. The smallest absolute Gasteiger partial charge is 0.325 e. The lowest BCUT2D eigenvalue weighted by Crippen LogP contribution is -2.22. The second-order valence-corrected chi connectivity index (χ2v) is 8.94. The van der Waals surface area contributed by atoms with Crippen molar-refractivity contribution in [3.63, 3.8) is 0 Å². The Labute approximate surface area is 160 Å². The Morgan fingerprint density at radius 3 is 2.64 bits per heavy atom. The van der Waals surface area contributed by atoms with Crippen molar-refractivity contribution >= 4 is 60.7 Å².